The van der Waals surface area contributed by atoms with Crippen molar-refractivity contribution in [3.8, 4) is 11.5 Å². The molecular formula is C17H26N4O2. The molecule has 2 rings (SSSR count). The number of ether oxygens (including phenoxy) is 2. The zero-order valence-corrected chi connectivity index (χ0v) is 13.1. The number of nitrogens with zero attached hydrogens (tertiary/aromatic N) is 3. The quantitative estimate of drug-likeness (QED) is 0.714. The maximum atomic E-state index is 5.72. The molecule has 6 heteroatoms. The zero-order chi connectivity index (χ0) is 15.6. The predicted molar refractivity (Wildman–Crippen MR) is 92.1 cm³/mol. The molecule has 0 radical (unpaired) electrons. The van der Waals surface area contributed by atoms with Gasteiger partial charge in [-0.15, -0.1) is 0 Å². The summed E-state index contributed by atoms with van der Waals surface area (Å²) < 4.78 is 11.3. The predicted octanol–water partition coefficient (Wildman–Crippen LogP) is 3.49. The Morgan fingerprint density at radius 1 is 1.13 bits per heavy atom. The molecule has 1 N–H and O–H groups in total. The maximum absolute atomic E-state index is 5.72. The number of hydrogen-bond acceptors (Lipinski definition) is 6. The van der Waals surface area contributed by atoms with E-state index in [0.29, 0.717) is 19.0 Å². The summed E-state index contributed by atoms with van der Waals surface area (Å²) in [6.45, 7) is 5.77. The summed E-state index contributed by atoms with van der Waals surface area (Å²) in [6.07, 6.45) is 7.31. The van der Waals surface area contributed by atoms with Crippen molar-refractivity contribution >= 4 is 5.82 Å². The van der Waals surface area contributed by atoms with Gasteiger partial charge in [-0.1, -0.05) is 20.8 Å². The monoisotopic (exact) mass is 318 g/mol. The van der Waals surface area contributed by atoms with E-state index in [9.17, 15) is 0 Å². The van der Waals surface area contributed by atoms with Gasteiger partial charge in [0.15, 0.2) is 11.6 Å². The van der Waals surface area contributed by atoms with E-state index in [-0.39, 0.29) is 7.43 Å². The van der Waals surface area contributed by atoms with E-state index in [1.165, 1.54) is 0 Å². The highest BCUT2D eigenvalue weighted by atomic mass is 16.5. The van der Waals surface area contributed by atoms with Crippen LogP contribution in [-0.2, 0) is 0 Å². The van der Waals surface area contributed by atoms with Crippen LogP contribution in [0.15, 0.2) is 30.7 Å². The molecule has 0 amide bonds. The van der Waals surface area contributed by atoms with Gasteiger partial charge < -0.3 is 14.8 Å². The van der Waals surface area contributed by atoms with E-state index >= 15 is 0 Å². The number of aromatic nitrogens is 3. The number of aryl methyl sites for hydroxylation is 1. The van der Waals surface area contributed by atoms with Crippen LogP contribution in [-0.4, -0.2) is 34.7 Å². The number of pyridine rings is 1. The minimum absolute atomic E-state index is 0. The standard InChI is InChI=1S/C16H22N4O2.CH4/c1-3-4-7-18-16-15(12-19-13(2)20-16)22-11-10-21-14-5-8-17-9-6-14;/h5-6,8-9,12H,3-4,7,10-11H2,1-2H3,(H,18,19,20);1H4. The Labute approximate surface area is 138 Å². The van der Waals surface area contributed by atoms with Crippen LogP contribution < -0.4 is 14.8 Å². The molecule has 0 bridgehead atoms. The Kier molecular flexibility index (Phi) is 8.42. The lowest BCUT2D eigenvalue weighted by Crippen LogP contribution is -2.12. The van der Waals surface area contributed by atoms with Crippen molar-refractivity contribution < 1.29 is 9.47 Å². The summed E-state index contributed by atoms with van der Waals surface area (Å²) in [6, 6.07) is 3.62. The van der Waals surface area contributed by atoms with Crippen molar-refractivity contribution in [2.24, 2.45) is 0 Å². The molecule has 0 atom stereocenters. The Hall–Kier alpha value is -2.37. The van der Waals surface area contributed by atoms with Gasteiger partial charge in [0, 0.05) is 18.9 Å². The fourth-order valence-electron chi connectivity index (χ4n) is 1.82. The summed E-state index contributed by atoms with van der Waals surface area (Å²) in [5, 5.41) is 3.29. The van der Waals surface area contributed by atoms with E-state index in [0.717, 1.165) is 36.8 Å². The Morgan fingerprint density at radius 2 is 1.87 bits per heavy atom. The van der Waals surface area contributed by atoms with Crippen LogP contribution in [0.1, 0.15) is 33.0 Å². The van der Waals surface area contributed by atoms with Crippen molar-refractivity contribution in [3.05, 3.63) is 36.5 Å². The molecule has 0 aliphatic carbocycles. The van der Waals surface area contributed by atoms with Crippen molar-refractivity contribution in [1.82, 2.24) is 15.0 Å². The average molecular weight is 318 g/mol. The number of anilines is 1. The second kappa shape index (κ2) is 10.4. The van der Waals surface area contributed by atoms with Gasteiger partial charge in [-0.25, -0.2) is 9.97 Å². The SMILES string of the molecule is C.CCCCNc1nc(C)ncc1OCCOc1ccncc1. The molecular weight excluding hydrogens is 292 g/mol. The average Bonchev–Trinajstić information content (AvgIpc) is 2.54. The van der Waals surface area contributed by atoms with Gasteiger partial charge in [0.1, 0.15) is 24.8 Å². The minimum atomic E-state index is 0. The number of unbranched alkanes of at least 4 members (excludes halogenated alkanes) is 1. The topological polar surface area (TPSA) is 69.2 Å². The van der Waals surface area contributed by atoms with Crippen LogP contribution in [0.25, 0.3) is 0 Å². The third kappa shape index (κ3) is 6.50. The smallest absolute Gasteiger partial charge is 0.180 e. The molecule has 0 spiro atoms. The lowest BCUT2D eigenvalue weighted by molar-refractivity contribution is 0.216. The van der Waals surface area contributed by atoms with E-state index in [1.54, 1.807) is 18.6 Å². The first kappa shape index (κ1) is 18.7. The third-order valence-corrected chi connectivity index (χ3v) is 2.96. The summed E-state index contributed by atoms with van der Waals surface area (Å²) in [5.41, 5.74) is 0. The second-order valence-corrected chi connectivity index (χ2v) is 4.79. The van der Waals surface area contributed by atoms with Crippen molar-refractivity contribution in [1.29, 1.82) is 0 Å². The fraction of sp³-hybridized carbons (Fsp3) is 0.471. The van der Waals surface area contributed by atoms with Crippen LogP contribution in [0.3, 0.4) is 0 Å². The van der Waals surface area contributed by atoms with Gasteiger partial charge in [-0.05, 0) is 25.5 Å². The first-order valence-electron chi connectivity index (χ1n) is 7.52. The number of hydrogen-bond donors (Lipinski definition) is 1. The van der Waals surface area contributed by atoms with E-state index in [1.807, 2.05) is 19.1 Å². The van der Waals surface area contributed by atoms with Crippen molar-refractivity contribution in [2.45, 2.75) is 34.1 Å². The molecule has 2 aromatic heterocycles. The summed E-state index contributed by atoms with van der Waals surface area (Å²) >= 11 is 0. The Balaban J connectivity index is 0.00000264. The van der Waals surface area contributed by atoms with Gasteiger partial charge in [-0.2, -0.15) is 0 Å². The first-order valence-corrected chi connectivity index (χ1v) is 7.52. The first-order chi connectivity index (χ1) is 10.8. The number of rotatable bonds is 9. The highest BCUT2D eigenvalue weighted by Gasteiger charge is 2.06. The third-order valence-electron chi connectivity index (χ3n) is 2.96. The van der Waals surface area contributed by atoms with Crippen molar-refractivity contribution in [2.75, 3.05) is 25.1 Å². The van der Waals surface area contributed by atoms with Crippen molar-refractivity contribution in [3.63, 3.8) is 0 Å². The van der Waals surface area contributed by atoms with Gasteiger partial charge in [0.25, 0.3) is 0 Å². The summed E-state index contributed by atoms with van der Waals surface area (Å²) in [5.74, 6) is 2.89. The van der Waals surface area contributed by atoms with Crippen LogP contribution in [0, 0.1) is 6.92 Å². The fourth-order valence-corrected chi connectivity index (χ4v) is 1.82. The van der Waals surface area contributed by atoms with Gasteiger partial charge in [0.05, 0.1) is 6.20 Å². The second-order valence-electron chi connectivity index (χ2n) is 4.79. The van der Waals surface area contributed by atoms with Crippen LogP contribution in [0.2, 0.25) is 0 Å². The minimum Gasteiger partial charge on any atom is -0.490 e. The molecule has 6 nitrogen and oxygen atoms in total. The zero-order valence-electron chi connectivity index (χ0n) is 13.1. The van der Waals surface area contributed by atoms with Crippen LogP contribution in [0.5, 0.6) is 11.5 Å². The molecule has 0 fully saturated rings. The lowest BCUT2D eigenvalue weighted by atomic mass is 10.3. The molecule has 0 saturated carbocycles. The molecule has 2 heterocycles. The molecule has 0 aromatic carbocycles. The van der Waals surface area contributed by atoms with E-state index < -0.39 is 0 Å². The molecule has 2 aromatic rings. The van der Waals surface area contributed by atoms with E-state index in [2.05, 4.69) is 27.2 Å². The van der Waals surface area contributed by atoms with Gasteiger partial charge in [0.2, 0.25) is 0 Å². The largest absolute Gasteiger partial charge is 0.490 e. The highest BCUT2D eigenvalue weighted by Crippen LogP contribution is 2.20. The van der Waals surface area contributed by atoms with Gasteiger partial charge >= 0.3 is 0 Å². The highest BCUT2D eigenvalue weighted by molar-refractivity contribution is 5.48. The molecule has 126 valence electrons. The molecule has 0 saturated heterocycles. The van der Waals surface area contributed by atoms with Crippen LogP contribution in [0.4, 0.5) is 5.82 Å². The Morgan fingerprint density at radius 3 is 2.61 bits per heavy atom. The normalized spacial score (nSPS) is 9.83. The molecule has 0 unspecified atom stereocenters. The Bertz CT molecular complexity index is 564. The van der Waals surface area contributed by atoms with Gasteiger partial charge in [-0.3, -0.25) is 4.98 Å². The maximum Gasteiger partial charge on any atom is 0.180 e. The molecule has 0 aliphatic rings. The summed E-state index contributed by atoms with van der Waals surface area (Å²) in [4.78, 5) is 12.5. The summed E-state index contributed by atoms with van der Waals surface area (Å²) in [7, 11) is 0. The van der Waals surface area contributed by atoms with E-state index in [4.69, 9.17) is 9.47 Å². The molecule has 23 heavy (non-hydrogen) atoms. The lowest BCUT2D eigenvalue weighted by Gasteiger charge is -2.12. The number of nitrogens with one attached hydrogen (secondary N) is 1. The van der Waals surface area contributed by atoms with Crippen LogP contribution >= 0.6 is 0 Å². The molecule has 0 aliphatic heterocycles.